The smallest absolute Gasteiger partial charge is 0.164 e. The lowest BCUT2D eigenvalue weighted by molar-refractivity contribution is 0.670. The number of thiophene rings is 1. The molecule has 0 fully saturated rings. The number of benzene rings is 8. The van der Waals surface area contributed by atoms with Crippen LogP contribution >= 0.6 is 11.3 Å². The van der Waals surface area contributed by atoms with Crippen LogP contribution in [-0.2, 0) is 0 Å². The SMILES string of the molecule is [2H]c1cc([2H])c2oc3c(-c4ccc(-c5nc(-c6ccccc6)nc(-c6cccc7sc8ccccc8c67)n5)cc4-n4c5ccccc5c5ccccc54)c([2H])c([2H])c([2H])c3c2c1[2H]. The largest absolute Gasteiger partial charge is 0.455 e. The van der Waals surface area contributed by atoms with Crippen molar-refractivity contribution in [2.24, 2.45) is 0 Å². The highest BCUT2D eigenvalue weighted by atomic mass is 32.1. The van der Waals surface area contributed by atoms with E-state index in [9.17, 15) is 1.37 Å². The molecule has 57 heavy (non-hydrogen) atoms. The van der Waals surface area contributed by atoms with Gasteiger partial charge in [0.2, 0.25) is 0 Å². The van der Waals surface area contributed by atoms with Crippen molar-refractivity contribution in [3.05, 3.63) is 182 Å². The molecule has 0 aliphatic carbocycles. The van der Waals surface area contributed by atoms with Crippen LogP contribution in [-0.4, -0.2) is 19.5 Å². The Bertz CT molecular complexity index is 3840. The van der Waals surface area contributed by atoms with E-state index in [0.717, 1.165) is 48.4 Å². The van der Waals surface area contributed by atoms with Crippen LogP contribution in [0.25, 0.3) is 115 Å². The van der Waals surface area contributed by atoms with Crippen molar-refractivity contribution in [3.8, 4) is 51.0 Å². The van der Waals surface area contributed by atoms with E-state index in [0.29, 0.717) is 34.3 Å². The molecule has 0 spiro atoms. The highest BCUT2D eigenvalue weighted by Crippen LogP contribution is 2.43. The normalized spacial score (nSPS) is 13.3. The molecule has 0 radical (unpaired) electrons. The van der Waals surface area contributed by atoms with Gasteiger partial charge in [-0.1, -0.05) is 145 Å². The Morgan fingerprint density at radius 3 is 1.98 bits per heavy atom. The third-order valence-electron chi connectivity index (χ3n) is 10.6. The molecule has 12 rings (SSSR count). The second-order valence-electron chi connectivity index (χ2n) is 13.9. The molecule has 0 N–H and O–H groups in total. The first kappa shape index (κ1) is 26.4. The molecule has 0 saturated carbocycles. The lowest BCUT2D eigenvalue weighted by Gasteiger charge is -2.16. The topological polar surface area (TPSA) is 56.7 Å². The Morgan fingerprint density at radius 1 is 0.474 bits per heavy atom. The lowest BCUT2D eigenvalue weighted by Crippen LogP contribution is -2.02. The van der Waals surface area contributed by atoms with E-state index >= 15 is 0 Å². The summed E-state index contributed by atoms with van der Waals surface area (Å²) < 4.78 is 64.4. The number of nitrogens with zero attached hydrogens (tertiary/aromatic N) is 4. The van der Waals surface area contributed by atoms with Crippen LogP contribution in [0, 0.1) is 0 Å². The van der Waals surface area contributed by atoms with E-state index < -0.39 is 0 Å². The van der Waals surface area contributed by atoms with Gasteiger partial charge in [-0.3, -0.25) is 0 Å². The Hall–Kier alpha value is -7.41. The van der Waals surface area contributed by atoms with Crippen LogP contribution in [0.2, 0.25) is 0 Å². The van der Waals surface area contributed by atoms with E-state index in [1.54, 1.807) is 11.3 Å². The number of hydrogen-bond acceptors (Lipinski definition) is 5. The monoisotopic (exact) mass is 752 g/mol. The molecule has 5 nitrogen and oxygen atoms in total. The zero-order valence-corrected chi connectivity index (χ0v) is 30.8. The van der Waals surface area contributed by atoms with Gasteiger partial charge in [0.15, 0.2) is 17.5 Å². The molecule has 0 atom stereocenters. The minimum atomic E-state index is -0.358. The van der Waals surface area contributed by atoms with Crippen molar-refractivity contribution in [1.29, 1.82) is 0 Å². The molecule has 12 aromatic rings. The number of para-hydroxylation sites is 4. The first-order valence-corrected chi connectivity index (χ1v) is 19.3. The van der Waals surface area contributed by atoms with E-state index in [4.69, 9.17) is 26.2 Å². The standard InChI is InChI=1S/C51H30N4OS/c1-2-14-31(15-3-1)49-52-50(54-51(53-49)40-22-13-27-46-47(40)39-19-7-11-26-45(39)57-46)32-28-29-35(37-20-12-21-38-36-18-6-10-25-44(36)56-48(37)38)43(30-32)55-41-23-8-4-16-33(41)34-17-5-9-24-42(34)55/h1-30H/i6D,12D,18D,20D,21D,25D. The molecule has 0 aliphatic rings. The maximum atomic E-state index is 9.46. The van der Waals surface area contributed by atoms with Crippen molar-refractivity contribution < 1.29 is 12.6 Å². The molecule has 4 heterocycles. The van der Waals surface area contributed by atoms with Crippen LogP contribution in [0.3, 0.4) is 0 Å². The van der Waals surface area contributed by atoms with Gasteiger partial charge in [-0.2, -0.15) is 0 Å². The molecule has 0 unspecified atom stereocenters. The maximum Gasteiger partial charge on any atom is 0.164 e. The summed E-state index contributed by atoms with van der Waals surface area (Å²) in [5, 5.41) is 4.45. The summed E-state index contributed by atoms with van der Waals surface area (Å²) in [6, 6.07) is 46.2. The molecule has 0 amide bonds. The first-order valence-electron chi connectivity index (χ1n) is 21.5. The maximum absolute atomic E-state index is 9.46. The average Bonchev–Trinajstić information content (AvgIpc) is 4.01. The van der Waals surface area contributed by atoms with Crippen LogP contribution < -0.4 is 0 Å². The highest BCUT2D eigenvalue weighted by Gasteiger charge is 2.22. The zero-order valence-electron chi connectivity index (χ0n) is 36.0. The van der Waals surface area contributed by atoms with Gasteiger partial charge >= 0.3 is 0 Å². The molecule has 8 aromatic carbocycles. The summed E-state index contributed by atoms with van der Waals surface area (Å²) in [6.45, 7) is 0. The van der Waals surface area contributed by atoms with Gasteiger partial charge in [-0.05, 0) is 36.4 Å². The van der Waals surface area contributed by atoms with Crippen molar-refractivity contribution in [2.45, 2.75) is 0 Å². The van der Waals surface area contributed by atoms with Gasteiger partial charge in [0, 0.05) is 69.5 Å². The minimum absolute atomic E-state index is 0.0281. The summed E-state index contributed by atoms with van der Waals surface area (Å²) in [5.74, 6) is 1.44. The summed E-state index contributed by atoms with van der Waals surface area (Å²) in [7, 11) is 0. The van der Waals surface area contributed by atoms with Gasteiger partial charge in [-0.15, -0.1) is 11.3 Å². The van der Waals surface area contributed by atoms with Crippen molar-refractivity contribution in [2.75, 3.05) is 0 Å². The van der Waals surface area contributed by atoms with Crippen LogP contribution in [0.1, 0.15) is 8.22 Å². The molecule has 4 aromatic heterocycles. The van der Waals surface area contributed by atoms with E-state index in [-0.39, 0.29) is 63.8 Å². The minimum Gasteiger partial charge on any atom is -0.455 e. The molecule has 0 saturated heterocycles. The van der Waals surface area contributed by atoms with Crippen LogP contribution in [0.5, 0.6) is 0 Å². The molecular weight excluding hydrogens is 717 g/mol. The van der Waals surface area contributed by atoms with E-state index in [1.165, 1.54) is 10.8 Å². The third kappa shape index (κ3) is 4.98. The Morgan fingerprint density at radius 2 is 1.16 bits per heavy atom. The number of hydrogen-bond donors (Lipinski definition) is 0. The second-order valence-corrected chi connectivity index (χ2v) is 15.0. The Labute approximate surface area is 339 Å². The summed E-state index contributed by atoms with van der Waals surface area (Å²) in [5.41, 5.74) is 5.66. The third-order valence-corrected chi connectivity index (χ3v) is 11.8. The highest BCUT2D eigenvalue weighted by molar-refractivity contribution is 7.25. The fourth-order valence-electron chi connectivity index (χ4n) is 8.11. The van der Waals surface area contributed by atoms with Crippen molar-refractivity contribution >= 4 is 75.3 Å². The first-order chi connectivity index (χ1) is 30.7. The molecule has 266 valence electrons. The fraction of sp³-hybridized carbons (Fsp3) is 0. The Balaban J connectivity index is 1.19. The number of rotatable bonds is 5. The summed E-state index contributed by atoms with van der Waals surface area (Å²) >= 11 is 1.73. The van der Waals surface area contributed by atoms with Gasteiger partial charge in [0.05, 0.1) is 24.9 Å². The zero-order chi connectivity index (χ0) is 42.7. The molecule has 0 bridgehead atoms. The quantitative estimate of drug-likeness (QED) is 0.176. The number of aromatic nitrogens is 4. The molecule has 0 aliphatic heterocycles. The van der Waals surface area contributed by atoms with Gasteiger partial charge in [-0.25, -0.2) is 15.0 Å². The average molecular weight is 753 g/mol. The summed E-state index contributed by atoms with van der Waals surface area (Å²) in [4.78, 5) is 15.5. The van der Waals surface area contributed by atoms with E-state index in [1.807, 2.05) is 103 Å². The summed E-state index contributed by atoms with van der Waals surface area (Å²) in [6.07, 6.45) is 0. The Kier molecular flexibility index (Phi) is 5.82. The number of furan rings is 1. The van der Waals surface area contributed by atoms with Crippen molar-refractivity contribution in [1.82, 2.24) is 19.5 Å². The van der Waals surface area contributed by atoms with Gasteiger partial charge < -0.3 is 8.98 Å². The van der Waals surface area contributed by atoms with Crippen LogP contribution in [0.4, 0.5) is 0 Å². The fourth-order valence-corrected chi connectivity index (χ4v) is 9.24. The van der Waals surface area contributed by atoms with Gasteiger partial charge in [0.25, 0.3) is 0 Å². The number of fused-ring (bicyclic) bond motifs is 9. The second kappa shape index (κ2) is 12.6. The van der Waals surface area contributed by atoms with Gasteiger partial charge in [0.1, 0.15) is 11.2 Å². The lowest BCUT2D eigenvalue weighted by atomic mass is 9.98. The van der Waals surface area contributed by atoms with E-state index in [2.05, 4.69) is 41.0 Å². The predicted octanol–water partition coefficient (Wildman–Crippen LogP) is 13.9. The molecule has 6 heteroatoms. The van der Waals surface area contributed by atoms with Crippen LogP contribution in [0.15, 0.2) is 186 Å². The van der Waals surface area contributed by atoms with Crippen molar-refractivity contribution in [3.63, 3.8) is 0 Å². The molecular formula is C51H30N4OS. The predicted molar refractivity (Wildman–Crippen MR) is 236 cm³/mol.